The van der Waals surface area contributed by atoms with Crippen molar-refractivity contribution in [3.05, 3.63) is 34.2 Å². The summed E-state index contributed by atoms with van der Waals surface area (Å²) >= 11 is 0. The average Bonchev–Trinajstić information content (AvgIpc) is 2.62. The molecule has 0 aliphatic heterocycles. The molecule has 0 aromatic carbocycles. The van der Waals surface area contributed by atoms with E-state index in [4.69, 9.17) is 5.73 Å². The Labute approximate surface area is 159 Å². The van der Waals surface area contributed by atoms with E-state index >= 15 is 0 Å². The number of rotatable bonds is 13. The summed E-state index contributed by atoms with van der Waals surface area (Å²) in [6.07, 6.45) is 7.24. The summed E-state index contributed by atoms with van der Waals surface area (Å²) in [6.45, 7) is 2.43. The number of unbranched alkanes of at least 4 members (excludes halogenated alkanes) is 4. The van der Waals surface area contributed by atoms with Crippen LogP contribution >= 0.6 is 0 Å². The van der Waals surface area contributed by atoms with Gasteiger partial charge in [0.15, 0.2) is 0 Å². The molecule has 0 aliphatic carbocycles. The molecule has 5 N–H and O–H groups in total. The number of carbonyl (C=O) groups excluding carboxylic acids is 3. The highest BCUT2D eigenvalue weighted by atomic mass is 16.2. The lowest BCUT2D eigenvalue weighted by Gasteiger charge is -2.17. The van der Waals surface area contributed by atoms with Crippen LogP contribution in [0.3, 0.4) is 0 Å². The van der Waals surface area contributed by atoms with Crippen LogP contribution in [0.4, 0.5) is 0 Å². The summed E-state index contributed by atoms with van der Waals surface area (Å²) < 4.78 is 0. The Hall–Kier alpha value is -2.64. The van der Waals surface area contributed by atoms with Crippen LogP contribution in [0.2, 0.25) is 0 Å². The number of primary amides is 1. The molecule has 1 rings (SSSR count). The Kier molecular flexibility index (Phi) is 10.5. The molecule has 1 atom stereocenters. The molecule has 1 heterocycles. The lowest BCUT2D eigenvalue weighted by molar-refractivity contribution is -0.131. The summed E-state index contributed by atoms with van der Waals surface area (Å²) in [4.78, 5) is 49.1. The number of nitrogens with one attached hydrogen (secondary N) is 3. The zero-order valence-corrected chi connectivity index (χ0v) is 15.9. The Morgan fingerprint density at radius 2 is 1.89 bits per heavy atom. The second-order valence-corrected chi connectivity index (χ2v) is 6.56. The van der Waals surface area contributed by atoms with E-state index in [1.54, 1.807) is 12.3 Å². The van der Waals surface area contributed by atoms with Gasteiger partial charge in [-0.1, -0.05) is 38.7 Å². The number of H-pyrrole nitrogens is 1. The molecule has 0 spiro atoms. The molecular weight excluding hydrogens is 348 g/mol. The van der Waals surface area contributed by atoms with Crippen molar-refractivity contribution in [2.45, 2.75) is 64.3 Å². The fourth-order valence-electron chi connectivity index (χ4n) is 2.62. The van der Waals surface area contributed by atoms with Gasteiger partial charge in [0, 0.05) is 25.2 Å². The SMILES string of the molecule is CCCCCCCC(=O)N[C@H](CC(N)=O)C(=O)NCCc1ccc(=O)[nH]c1. The third-order valence-electron chi connectivity index (χ3n) is 4.13. The van der Waals surface area contributed by atoms with E-state index in [2.05, 4.69) is 22.5 Å². The van der Waals surface area contributed by atoms with Gasteiger partial charge in [0.25, 0.3) is 0 Å². The Bertz CT molecular complexity index is 651. The van der Waals surface area contributed by atoms with E-state index in [9.17, 15) is 19.2 Å². The monoisotopic (exact) mass is 378 g/mol. The zero-order valence-electron chi connectivity index (χ0n) is 15.9. The molecule has 27 heavy (non-hydrogen) atoms. The largest absolute Gasteiger partial charge is 0.370 e. The number of hydrogen-bond donors (Lipinski definition) is 4. The highest BCUT2D eigenvalue weighted by molar-refractivity contribution is 5.91. The van der Waals surface area contributed by atoms with Gasteiger partial charge in [0.05, 0.1) is 6.42 Å². The molecule has 0 saturated carbocycles. The van der Waals surface area contributed by atoms with Crippen LogP contribution in [0.1, 0.15) is 57.4 Å². The number of carbonyl (C=O) groups is 3. The lowest BCUT2D eigenvalue weighted by atomic mass is 10.1. The van der Waals surface area contributed by atoms with Gasteiger partial charge in [-0.15, -0.1) is 0 Å². The van der Waals surface area contributed by atoms with Crippen LogP contribution in [0.5, 0.6) is 0 Å². The lowest BCUT2D eigenvalue weighted by Crippen LogP contribution is -2.49. The molecular formula is C19H30N4O4. The predicted molar refractivity (Wildman–Crippen MR) is 103 cm³/mol. The van der Waals surface area contributed by atoms with E-state index in [-0.39, 0.29) is 17.9 Å². The maximum Gasteiger partial charge on any atom is 0.247 e. The molecule has 150 valence electrons. The first-order valence-corrected chi connectivity index (χ1v) is 9.45. The zero-order chi connectivity index (χ0) is 20.1. The van der Waals surface area contributed by atoms with Crippen molar-refractivity contribution >= 4 is 17.7 Å². The van der Waals surface area contributed by atoms with E-state index in [0.717, 1.165) is 37.7 Å². The van der Waals surface area contributed by atoms with Crippen molar-refractivity contribution in [3.8, 4) is 0 Å². The van der Waals surface area contributed by atoms with Crippen molar-refractivity contribution in [2.75, 3.05) is 6.54 Å². The molecule has 1 aromatic heterocycles. The standard InChI is InChI=1S/C19H30N4O4/c1-2-3-4-5-6-7-18(26)23-15(12-16(20)24)19(27)21-11-10-14-8-9-17(25)22-13-14/h8-9,13,15H,2-7,10-12H2,1H3,(H2,20,24)(H,21,27)(H,22,25)(H,23,26)/t15-/m1/s1. The number of nitrogens with two attached hydrogens (primary N) is 1. The summed E-state index contributed by atoms with van der Waals surface area (Å²) in [6, 6.07) is 2.11. The van der Waals surface area contributed by atoms with Crippen LogP contribution in [-0.4, -0.2) is 35.3 Å². The molecule has 0 fully saturated rings. The maximum atomic E-state index is 12.3. The maximum absolute atomic E-state index is 12.3. The minimum absolute atomic E-state index is 0.193. The first-order chi connectivity index (χ1) is 12.9. The second kappa shape index (κ2) is 12.7. The molecule has 0 unspecified atom stereocenters. The van der Waals surface area contributed by atoms with Crippen molar-refractivity contribution < 1.29 is 14.4 Å². The predicted octanol–water partition coefficient (Wildman–Crippen LogP) is 0.754. The van der Waals surface area contributed by atoms with Gasteiger partial charge in [0.1, 0.15) is 6.04 Å². The highest BCUT2D eigenvalue weighted by Crippen LogP contribution is 2.05. The first-order valence-electron chi connectivity index (χ1n) is 9.45. The number of amides is 3. The smallest absolute Gasteiger partial charge is 0.247 e. The van der Waals surface area contributed by atoms with E-state index in [1.165, 1.54) is 6.07 Å². The minimum Gasteiger partial charge on any atom is -0.370 e. The molecule has 3 amide bonds. The topological polar surface area (TPSA) is 134 Å². The van der Waals surface area contributed by atoms with E-state index in [0.29, 0.717) is 19.4 Å². The first kappa shape index (κ1) is 22.4. The van der Waals surface area contributed by atoms with Crippen molar-refractivity contribution in [1.29, 1.82) is 0 Å². The average molecular weight is 378 g/mol. The van der Waals surface area contributed by atoms with Crippen molar-refractivity contribution in [3.63, 3.8) is 0 Å². The fraction of sp³-hybridized carbons (Fsp3) is 0.579. The Morgan fingerprint density at radius 3 is 2.52 bits per heavy atom. The van der Waals surface area contributed by atoms with E-state index in [1.807, 2.05) is 0 Å². The third kappa shape index (κ3) is 10.2. The molecule has 8 nitrogen and oxygen atoms in total. The highest BCUT2D eigenvalue weighted by Gasteiger charge is 2.22. The van der Waals surface area contributed by atoms with Gasteiger partial charge in [-0.25, -0.2) is 0 Å². The fourth-order valence-corrected chi connectivity index (χ4v) is 2.62. The summed E-state index contributed by atoms with van der Waals surface area (Å²) in [5.74, 6) is -1.36. The van der Waals surface area contributed by atoms with Gasteiger partial charge < -0.3 is 21.4 Å². The molecule has 0 saturated heterocycles. The normalized spacial score (nSPS) is 11.6. The molecule has 1 aromatic rings. The van der Waals surface area contributed by atoms with Crippen LogP contribution in [0.25, 0.3) is 0 Å². The number of aromatic amines is 1. The quantitative estimate of drug-likeness (QED) is 0.377. The van der Waals surface area contributed by atoms with Gasteiger partial charge in [-0.05, 0) is 18.4 Å². The second-order valence-electron chi connectivity index (χ2n) is 6.56. The van der Waals surface area contributed by atoms with Crippen LogP contribution in [0, 0.1) is 0 Å². The minimum atomic E-state index is -0.971. The van der Waals surface area contributed by atoms with Crippen LogP contribution in [0.15, 0.2) is 23.1 Å². The third-order valence-corrected chi connectivity index (χ3v) is 4.13. The van der Waals surface area contributed by atoms with Gasteiger partial charge in [-0.2, -0.15) is 0 Å². The Balaban J connectivity index is 2.42. The number of hydrogen-bond acceptors (Lipinski definition) is 4. The van der Waals surface area contributed by atoms with Crippen molar-refractivity contribution in [2.24, 2.45) is 5.73 Å². The van der Waals surface area contributed by atoms with Gasteiger partial charge in [0.2, 0.25) is 23.3 Å². The number of aromatic nitrogens is 1. The molecule has 0 aliphatic rings. The Morgan fingerprint density at radius 1 is 1.15 bits per heavy atom. The van der Waals surface area contributed by atoms with E-state index < -0.39 is 17.9 Å². The summed E-state index contributed by atoms with van der Waals surface area (Å²) in [7, 11) is 0. The molecule has 0 bridgehead atoms. The van der Waals surface area contributed by atoms with Crippen LogP contribution < -0.4 is 21.9 Å². The van der Waals surface area contributed by atoms with Gasteiger partial charge in [-0.3, -0.25) is 19.2 Å². The van der Waals surface area contributed by atoms with Crippen LogP contribution in [-0.2, 0) is 20.8 Å². The van der Waals surface area contributed by atoms with Gasteiger partial charge >= 0.3 is 0 Å². The summed E-state index contributed by atoms with van der Waals surface area (Å²) in [5.41, 5.74) is 5.86. The number of pyridine rings is 1. The van der Waals surface area contributed by atoms with Crippen molar-refractivity contribution in [1.82, 2.24) is 15.6 Å². The molecule has 8 heteroatoms. The molecule has 0 radical (unpaired) electrons. The summed E-state index contributed by atoms with van der Waals surface area (Å²) in [5, 5.41) is 5.28.